The Morgan fingerprint density at radius 1 is 1.09 bits per heavy atom. The molecule has 0 aliphatic rings. The summed E-state index contributed by atoms with van der Waals surface area (Å²) in [6, 6.07) is 19.4. The average Bonchev–Trinajstić information content (AvgIpc) is 3.28. The lowest BCUT2D eigenvalue weighted by molar-refractivity contribution is -0.121. The van der Waals surface area contributed by atoms with Gasteiger partial charge in [0.25, 0.3) is 5.56 Å². The number of nitrogens with two attached hydrogens (primary N) is 1. The van der Waals surface area contributed by atoms with Crippen LogP contribution in [0.25, 0.3) is 10.9 Å². The molecule has 0 aliphatic carbocycles. The second kappa shape index (κ2) is 10.1. The highest BCUT2D eigenvalue weighted by Gasteiger charge is 2.11. The summed E-state index contributed by atoms with van der Waals surface area (Å²) in [5.41, 5.74) is 11.0. The summed E-state index contributed by atoms with van der Waals surface area (Å²) < 4.78 is 1.50. The predicted octanol–water partition coefficient (Wildman–Crippen LogP) is 3.58. The smallest absolute Gasteiger partial charge is 0.274 e. The van der Waals surface area contributed by atoms with Crippen molar-refractivity contribution >= 4 is 28.2 Å². The van der Waals surface area contributed by atoms with E-state index in [0.717, 1.165) is 46.3 Å². The van der Waals surface area contributed by atoms with Gasteiger partial charge < -0.3 is 25.9 Å². The number of aryl methyl sites for hydroxylation is 2. The maximum atomic E-state index is 12.9. The fraction of sp³-hybridized carbons (Fsp3) is 0.231. The van der Waals surface area contributed by atoms with Gasteiger partial charge in [-0.05, 0) is 72.7 Å². The van der Waals surface area contributed by atoms with E-state index in [1.54, 1.807) is 6.07 Å². The Morgan fingerprint density at radius 2 is 1.94 bits per heavy atom. The topological polar surface area (TPSA) is 105 Å². The molecule has 7 nitrogen and oxygen atoms in total. The zero-order valence-corrected chi connectivity index (χ0v) is 18.7. The number of pyridine rings is 1. The van der Waals surface area contributed by atoms with Crippen molar-refractivity contribution in [1.29, 1.82) is 0 Å². The summed E-state index contributed by atoms with van der Waals surface area (Å²) in [4.78, 5) is 28.6. The summed E-state index contributed by atoms with van der Waals surface area (Å²) in [5, 5.41) is 7.22. The highest BCUT2D eigenvalue weighted by Crippen LogP contribution is 2.14. The standard InChI is InChI=1S/C26H29N5O2/c1-18-8-10-24(28-13-4-6-20-5-2-3-7-22(20)27)26(33)31(18)17-25(32)30-16-19-9-11-23-21(15-19)12-14-29-23/h2-3,5,7-12,14-15,28-29H,4,6,13,16-17,27H2,1H3,(H,30,32). The number of nitrogens with one attached hydrogen (secondary N) is 3. The Labute approximate surface area is 192 Å². The van der Waals surface area contributed by atoms with Crippen LogP contribution in [-0.4, -0.2) is 22.0 Å². The molecule has 2 heterocycles. The first kappa shape index (κ1) is 22.2. The van der Waals surface area contributed by atoms with Gasteiger partial charge in [0, 0.05) is 36.2 Å². The van der Waals surface area contributed by atoms with Gasteiger partial charge in [-0.2, -0.15) is 0 Å². The second-order valence-electron chi connectivity index (χ2n) is 8.18. The SMILES string of the molecule is Cc1ccc(NCCCc2ccccc2N)c(=O)n1CC(=O)NCc1ccc2[nH]ccc2c1. The van der Waals surface area contributed by atoms with Crippen LogP contribution in [0, 0.1) is 6.92 Å². The lowest BCUT2D eigenvalue weighted by Gasteiger charge is -2.13. The van der Waals surface area contributed by atoms with Gasteiger partial charge in [-0.1, -0.05) is 24.3 Å². The zero-order chi connectivity index (χ0) is 23.2. The summed E-state index contributed by atoms with van der Waals surface area (Å²) in [6.45, 7) is 2.86. The molecule has 0 saturated heterocycles. The van der Waals surface area contributed by atoms with Crippen molar-refractivity contribution in [2.24, 2.45) is 0 Å². The Kier molecular flexibility index (Phi) is 6.78. The second-order valence-corrected chi connectivity index (χ2v) is 8.18. The molecule has 0 saturated carbocycles. The summed E-state index contributed by atoms with van der Waals surface area (Å²) in [5.74, 6) is -0.203. The first-order valence-electron chi connectivity index (χ1n) is 11.1. The van der Waals surface area contributed by atoms with Gasteiger partial charge in [-0.3, -0.25) is 9.59 Å². The number of hydrogen-bond acceptors (Lipinski definition) is 4. The van der Waals surface area contributed by atoms with E-state index in [9.17, 15) is 9.59 Å². The molecule has 2 aromatic carbocycles. The number of fused-ring (bicyclic) bond motifs is 1. The highest BCUT2D eigenvalue weighted by molar-refractivity contribution is 5.80. The van der Waals surface area contributed by atoms with Crippen molar-refractivity contribution in [2.45, 2.75) is 32.9 Å². The maximum Gasteiger partial charge on any atom is 0.274 e. The summed E-state index contributed by atoms with van der Waals surface area (Å²) >= 11 is 0. The van der Waals surface area contributed by atoms with E-state index in [-0.39, 0.29) is 18.0 Å². The van der Waals surface area contributed by atoms with Crippen LogP contribution in [0.1, 0.15) is 23.2 Å². The van der Waals surface area contributed by atoms with Gasteiger partial charge in [0.05, 0.1) is 0 Å². The van der Waals surface area contributed by atoms with Crippen molar-refractivity contribution < 1.29 is 4.79 Å². The van der Waals surface area contributed by atoms with Gasteiger partial charge in [0.15, 0.2) is 0 Å². The fourth-order valence-electron chi connectivity index (χ4n) is 3.88. The fourth-order valence-corrected chi connectivity index (χ4v) is 3.88. The summed E-state index contributed by atoms with van der Waals surface area (Å²) in [7, 11) is 0. The number of hydrogen-bond donors (Lipinski definition) is 4. The first-order valence-corrected chi connectivity index (χ1v) is 11.1. The third-order valence-corrected chi connectivity index (χ3v) is 5.80. The van der Waals surface area contributed by atoms with E-state index in [4.69, 9.17) is 5.73 Å². The van der Waals surface area contributed by atoms with Crippen LogP contribution in [0.3, 0.4) is 0 Å². The van der Waals surface area contributed by atoms with E-state index < -0.39 is 0 Å². The van der Waals surface area contributed by atoms with E-state index in [2.05, 4.69) is 15.6 Å². The van der Waals surface area contributed by atoms with Gasteiger partial charge in [0.2, 0.25) is 5.91 Å². The quantitative estimate of drug-likeness (QED) is 0.234. The number of H-pyrrole nitrogens is 1. The number of aromatic nitrogens is 2. The van der Waals surface area contributed by atoms with Crippen LogP contribution in [0.15, 0.2) is 71.7 Å². The summed E-state index contributed by atoms with van der Waals surface area (Å²) in [6.07, 6.45) is 3.56. The molecule has 0 radical (unpaired) electrons. The normalized spacial score (nSPS) is 10.9. The van der Waals surface area contributed by atoms with E-state index in [1.165, 1.54) is 4.57 Å². The number of benzene rings is 2. The molecule has 2 aromatic heterocycles. The molecule has 0 spiro atoms. The molecule has 4 aromatic rings. The molecule has 5 N–H and O–H groups in total. The van der Waals surface area contributed by atoms with Gasteiger partial charge in [-0.25, -0.2) is 0 Å². The van der Waals surface area contributed by atoms with Crippen molar-refractivity contribution in [3.8, 4) is 0 Å². The number of amides is 1. The molecule has 0 fully saturated rings. The van der Waals surface area contributed by atoms with Crippen LogP contribution in [0.4, 0.5) is 11.4 Å². The van der Waals surface area contributed by atoms with Crippen molar-refractivity contribution in [3.05, 3.63) is 94.0 Å². The van der Waals surface area contributed by atoms with Crippen molar-refractivity contribution in [1.82, 2.24) is 14.9 Å². The van der Waals surface area contributed by atoms with Crippen LogP contribution < -0.4 is 21.9 Å². The largest absolute Gasteiger partial charge is 0.399 e. The Balaban J connectivity index is 1.33. The van der Waals surface area contributed by atoms with E-state index in [0.29, 0.717) is 18.8 Å². The Bertz CT molecular complexity index is 1320. The zero-order valence-electron chi connectivity index (χ0n) is 18.7. The van der Waals surface area contributed by atoms with Crippen LogP contribution in [0.2, 0.25) is 0 Å². The number of aromatic amines is 1. The van der Waals surface area contributed by atoms with Crippen molar-refractivity contribution in [3.63, 3.8) is 0 Å². The highest BCUT2D eigenvalue weighted by atomic mass is 16.2. The Morgan fingerprint density at radius 3 is 2.79 bits per heavy atom. The monoisotopic (exact) mass is 443 g/mol. The molecule has 33 heavy (non-hydrogen) atoms. The van der Waals surface area contributed by atoms with Crippen LogP contribution in [-0.2, 0) is 24.3 Å². The molecule has 4 rings (SSSR count). The molecular formula is C26H29N5O2. The number of nitrogens with zero attached hydrogens (tertiary/aromatic N) is 1. The lowest BCUT2D eigenvalue weighted by atomic mass is 10.1. The number of para-hydroxylation sites is 1. The number of rotatable bonds is 9. The molecule has 0 aliphatic heterocycles. The molecule has 7 heteroatoms. The third kappa shape index (κ3) is 5.44. The predicted molar refractivity (Wildman–Crippen MR) is 133 cm³/mol. The van der Waals surface area contributed by atoms with Gasteiger partial charge in [0.1, 0.15) is 12.2 Å². The third-order valence-electron chi connectivity index (χ3n) is 5.80. The van der Waals surface area contributed by atoms with Gasteiger partial charge in [-0.15, -0.1) is 0 Å². The van der Waals surface area contributed by atoms with Crippen LogP contribution >= 0.6 is 0 Å². The van der Waals surface area contributed by atoms with E-state index >= 15 is 0 Å². The van der Waals surface area contributed by atoms with Gasteiger partial charge >= 0.3 is 0 Å². The minimum absolute atomic E-state index is 0.0207. The molecule has 1 amide bonds. The number of carbonyl (C=O) groups excluding carboxylic acids is 1. The minimum Gasteiger partial charge on any atom is -0.399 e. The average molecular weight is 444 g/mol. The lowest BCUT2D eigenvalue weighted by Crippen LogP contribution is -2.34. The number of nitrogen functional groups attached to an aromatic ring is 1. The Hall–Kier alpha value is -4.00. The first-order chi connectivity index (χ1) is 16.0. The number of anilines is 2. The number of carbonyl (C=O) groups is 1. The van der Waals surface area contributed by atoms with Crippen molar-refractivity contribution in [2.75, 3.05) is 17.6 Å². The van der Waals surface area contributed by atoms with E-state index in [1.807, 2.05) is 67.7 Å². The molecule has 0 bridgehead atoms. The van der Waals surface area contributed by atoms with Crippen LogP contribution in [0.5, 0.6) is 0 Å². The molecule has 0 atom stereocenters. The maximum absolute atomic E-state index is 12.9. The molecule has 0 unspecified atom stereocenters. The molecule has 170 valence electrons. The minimum atomic E-state index is -0.203. The molecular weight excluding hydrogens is 414 g/mol.